The van der Waals surface area contributed by atoms with Crippen molar-refractivity contribution in [3.05, 3.63) is 28.7 Å². The Kier molecular flexibility index (Phi) is 3.94. The normalized spacial score (nSPS) is 30.2. The number of hydrogen-bond acceptors (Lipinski definition) is 5. The number of hydrazine groups is 1. The van der Waals surface area contributed by atoms with E-state index in [0.29, 0.717) is 17.6 Å². The molecule has 0 radical (unpaired) electrons. The van der Waals surface area contributed by atoms with E-state index in [9.17, 15) is 4.79 Å². The first-order valence-corrected chi connectivity index (χ1v) is 8.73. The molecule has 24 heavy (non-hydrogen) atoms. The van der Waals surface area contributed by atoms with Crippen LogP contribution in [0, 0.1) is 18.8 Å². The van der Waals surface area contributed by atoms with Crippen LogP contribution < -0.4 is 16.6 Å². The molecule has 2 fully saturated rings. The summed E-state index contributed by atoms with van der Waals surface area (Å²) >= 11 is 6.08. The maximum Gasteiger partial charge on any atom is 0.237 e. The minimum absolute atomic E-state index is 0.0343. The summed E-state index contributed by atoms with van der Waals surface area (Å²) in [5.41, 5.74) is 14.6. The zero-order valence-electron chi connectivity index (χ0n) is 13.5. The van der Waals surface area contributed by atoms with Gasteiger partial charge in [-0.25, -0.2) is 14.9 Å². The maximum atomic E-state index is 12.1. The fourth-order valence-electron chi connectivity index (χ4n) is 4.33. The summed E-state index contributed by atoms with van der Waals surface area (Å²) in [5, 5.41) is 4.88. The van der Waals surface area contributed by atoms with Crippen molar-refractivity contribution in [1.29, 1.82) is 0 Å². The highest BCUT2D eigenvalue weighted by Crippen LogP contribution is 2.42. The van der Waals surface area contributed by atoms with Crippen molar-refractivity contribution in [2.45, 2.75) is 38.1 Å². The number of halogens is 1. The van der Waals surface area contributed by atoms with E-state index >= 15 is 0 Å². The summed E-state index contributed by atoms with van der Waals surface area (Å²) in [6.45, 7) is 2.51. The van der Waals surface area contributed by atoms with E-state index in [1.165, 1.54) is 0 Å². The molecule has 1 aliphatic heterocycles. The third-order valence-electron chi connectivity index (χ3n) is 5.44. The van der Waals surface area contributed by atoms with Gasteiger partial charge in [0.15, 0.2) is 5.65 Å². The van der Waals surface area contributed by atoms with Crippen LogP contribution in [0.1, 0.15) is 36.6 Å². The first-order chi connectivity index (χ1) is 11.6. The van der Waals surface area contributed by atoms with Crippen molar-refractivity contribution in [2.75, 3.05) is 6.54 Å². The molecule has 0 bridgehead atoms. The van der Waals surface area contributed by atoms with Crippen molar-refractivity contribution in [3.8, 4) is 0 Å². The van der Waals surface area contributed by atoms with Gasteiger partial charge in [0.1, 0.15) is 5.15 Å². The number of fused-ring (bicyclic) bond motifs is 2. The van der Waals surface area contributed by atoms with E-state index in [4.69, 9.17) is 17.3 Å². The molecule has 4 atom stereocenters. The lowest BCUT2D eigenvalue weighted by molar-refractivity contribution is -0.133. The SMILES string of the molecule is Cc1nc2ccc(Cl)nn2c1C1CCC2C(=O)NNC(CN)C2C1. The molecule has 1 amide bonds. The summed E-state index contributed by atoms with van der Waals surface area (Å²) < 4.78 is 1.86. The lowest BCUT2D eigenvalue weighted by atomic mass is 9.68. The standard InChI is InChI=1S/C16H21ClN6O/c1-8-15(23-14(19-8)5-4-13(17)22-23)9-2-3-10-11(6-9)12(7-18)20-21-16(10)24/h4-5,9-12,20H,2-3,6-7,18H2,1H3,(H,21,24). The molecule has 2 aliphatic rings. The number of nitrogens with one attached hydrogen (secondary N) is 2. The summed E-state index contributed by atoms with van der Waals surface area (Å²) in [6.07, 6.45) is 2.69. The fraction of sp³-hybridized carbons (Fsp3) is 0.562. The highest BCUT2D eigenvalue weighted by Gasteiger charge is 2.43. The average molecular weight is 349 g/mol. The molecule has 1 saturated carbocycles. The zero-order valence-corrected chi connectivity index (χ0v) is 14.3. The molecule has 8 heteroatoms. The van der Waals surface area contributed by atoms with Crippen molar-refractivity contribution >= 4 is 23.2 Å². The monoisotopic (exact) mass is 348 g/mol. The van der Waals surface area contributed by atoms with Crippen LogP contribution in [0.5, 0.6) is 0 Å². The van der Waals surface area contributed by atoms with E-state index < -0.39 is 0 Å². The van der Waals surface area contributed by atoms with Gasteiger partial charge in [-0.05, 0) is 44.2 Å². The van der Waals surface area contributed by atoms with Gasteiger partial charge in [0.25, 0.3) is 0 Å². The molecule has 0 aromatic carbocycles. The number of carbonyl (C=O) groups excluding carboxylic acids is 1. The second kappa shape index (κ2) is 5.98. The molecule has 128 valence electrons. The van der Waals surface area contributed by atoms with Crippen LogP contribution in [0.3, 0.4) is 0 Å². The minimum atomic E-state index is 0.0343. The Morgan fingerprint density at radius 1 is 1.42 bits per heavy atom. The number of nitrogens with two attached hydrogens (primary N) is 1. The van der Waals surface area contributed by atoms with E-state index in [-0.39, 0.29) is 23.8 Å². The highest BCUT2D eigenvalue weighted by molar-refractivity contribution is 6.29. The molecule has 2 aromatic heterocycles. The van der Waals surface area contributed by atoms with Gasteiger partial charge in [-0.15, -0.1) is 0 Å². The van der Waals surface area contributed by atoms with Crippen LogP contribution in [-0.2, 0) is 4.79 Å². The Hall–Kier alpha value is -1.70. The average Bonchev–Trinajstić information content (AvgIpc) is 2.90. The lowest BCUT2D eigenvalue weighted by Gasteiger charge is -2.43. The molecule has 1 aliphatic carbocycles. The van der Waals surface area contributed by atoms with Crippen LogP contribution in [0.15, 0.2) is 12.1 Å². The molecule has 2 aromatic rings. The molecular weight excluding hydrogens is 328 g/mol. The van der Waals surface area contributed by atoms with Crippen LogP contribution in [0.25, 0.3) is 5.65 Å². The Morgan fingerprint density at radius 2 is 2.25 bits per heavy atom. The zero-order chi connectivity index (χ0) is 16.8. The number of aryl methyl sites for hydroxylation is 1. The van der Waals surface area contributed by atoms with Gasteiger partial charge >= 0.3 is 0 Å². The van der Waals surface area contributed by atoms with Gasteiger partial charge in [-0.1, -0.05) is 11.6 Å². The van der Waals surface area contributed by atoms with E-state index in [1.807, 2.05) is 17.5 Å². The van der Waals surface area contributed by atoms with Crippen molar-refractivity contribution in [1.82, 2.24) is 25.4 Å². The van der Waals surface area contributed by atoms with Crippen molar-refractivity contribution in [3.63, 3.8) is 0 Å². The van der Waals surface area contributed by atoms with Gasteiger partial charge < -0.3 is 5.73 Å². The minimum Gasteiger partial charge on any atom is -0.329 e. The van der Waals surface area contributed by atoms with Crippen molar-refractivity contribution < 1.29 is 4.79 Å². The molecule has 0 spiro atoms. The Balaban J connectivity index is 1.70. The highest BCUT2D eigenvalue weighted by atomic mass is 35.5. The van der Waals surface area contributed by atoms with Crippen LogP contribution >= 0.6 is 11.6 Å². The number of hydrogen-bond donors (Lipinski definition) is 3. The van der Waals surface area contributed by atoms with Gasteiger partial charge in [0.05, 0.1) is 11.4 Å². The number of rotatable bonds is 2. The van der Waals surface area contributed by atoms with Gasteiger partial charge in [-0.3, -0.25) is 10.2 Å². The first-order valence-electron chi connectivity index (χ1n) is 8.35. The smallest absolute Gasteiger partial charge is 0.237 e. The van der Waals surface area contributed by atoms with Gasteiger partial charge in [-0.2, -0.15) is 5.10 Å². The summed E-state index contributed by atoms with van der Waals surface area (Å²) in [6, 6.07) is 3.74. The number of nitrogens with zero attached hydrogens (tertiary/aromatic N) is 3. The van der Waals surface area contributed by atoms with Gasteiger partial charge in [0.2, 0.25) is 5.91 Å². The number of aromatic nitrogens is 3. The predicted molar refractivity (Wildman–Crippen MR) is 90.4 cm³/mol. The third-order valence-corrected chi connectivity index (χ3v) is 5.64. The molecule has 4 rings (SSSR count). The molecular formula is C16H21ClN6O. The summed E-state index contributed by atoms with van der Waals surface area (Å²) in [4.78, 5) is 16.8. The second-order valence-electron chi connectivity index (χ2n) is 6.76. The third kappa shape index (κ3) is 2.47. The lowest BCUT2D eigenvalue weighted by Crippen LogP contribution is -2.62. The molecule has 7 nitrogen and oxygen atoms in total. The van der Waals surface area contributed by atoms with Crippen LogP contribution in [0.4, 0.5) is 0 Å². The second-order valence-corrected chi connectivity index (χ2v) is 7.15. The summed E-state index contributed by atoms with van der Waals surface area (Å²) in [7, 11) is 0. The maximum absolute atomic E-state index is 12.1. The predicted octanol–water partition coefficient (Wildman–Crippen LogP) is 1.15. The van der Waals surface area contributed by atoms with Gasteiger partial charge in [0, 0.05) is 24.4 Å². The quantitative estimate of drug-likeness (QED) is 0.756. The van der Waals surface area contributed by atoms with Crippen LogP contribution in [0.2, 0.25) is 5.15 Å². The Morgan fingerprint density at radius 3 is 3.04 bits per heavy atom. The molecule has 4 unspecified atom stereocenters. The molecule has 4 N–H and O–H groups in total. The molecule has 3 heterocycles. The molecule has 1 saturated heterocycles. The largest absolute Gasteiger partial charge is 0.329 e. The summed E-state index contributed by atoms with van der Waals surface area (Å²) in [5.74, 6) is 0.645. The van der Waals surface area contributed by atoms with Crippen LogP contribution in [-0.4, -0.2) is 33.1 Å². The first kappa shape index (κ1) is 15.8. The van der Waals surface area contributed by atoms with Crippen molar-refractivity contribution in [2.24, 2.45) is 17.6 Å². The Bertz CT molecular complexity index is 790. The number of imidazole rings is 1. The topological polar surface area (TPSA) is 97.3 Å². The fourth-order valence-corrected chi connectivity index (χ4v) is 4.47. The van der Waals surface area contributed by atoms with E-state index in [1.54, 1.807) is 6.07 Å². The number of amides is 1. The van der Waals surface area contributed by atoms with E-state index in [0.717, 1.165) is 36.3 Å². The number of carbonyl (C=O) groups is 1. The Labute approximate surface area is 144 Å². The van der Waals surface area contributed by atoms with E-state index in [2.05, 4.69) is 20.9 Å².